The van der Waals surface area contributed by atoms with E-state index in [-0.39, 0.29) is 30.5 Å². The Balaban J connectivity index is 1.82. The molecule has 0 unspecified atom stereocenters. The van der Waals surface area contributed by atoms with Crippen LogP contribution in [0.3, 0.4) is 0 Å². The van der Waals surface area contributed by atoms with Crippen LogP contribution < -0.4 is 0 Å². The lowest BCUT2D eigenvalue weighted by Gasteiger charge is -2.33. The first-order valence-corrected chi connectivity index (χ1v) is 11.5. The van der Waals surface area contributed by atoms with Crippen LogP contribution in [0.5, 0.6) is 0 Å². The summed E-state index contributed by atoms with van der Waals surface area (Å²) in [6.07, 6.45) is 2.62. The van der Waals surface area contributed by atoms with E-state index < -0.39 is 17.4 Å². The number of halogens is 2. The lowest BCUT2D eigenvalue weighted by molar-refractivity contribution is -0.162. The molecule has 2 aromatic heterocycles. The molecule has 8 heteroatoms. The average molecular weight is 468 g/mol. The molecule has 0 atom stereocenters. The van der Waals surface area contributed by atoms with Crippen molar-refractivity contribution in [1.29, 1.82) is 0 Å². The van der Waals surface area contributed by atoms with E-state index in [9.17, 15) is 19.4 Å². The van der Waals surface area contributed by atoms with Crippen LogP contribution in [0.15, 0.2) is 30.5 Å². The molecule has 1 aliphatic rings. The number of rotatable bonds is 4. The molecule has 6 nitrogen and oxygen atoms in total. The van der Waals surface area contributed by atoms with Gasteiger partial charge in [-0.15, -0.1) is 0 Å². The second kappa shape index (κ2) is 7.91. The molecule has 0 radical (unpaired) electrons. The largest absolute Gasteiger partial charge is 0.479 e. The van der Waals surface area contributed by atoms with Gasteiger partial charge in [-0.2, -0.15) is 5.10 Å². The second-order valence-corrected chi connectivity index (χ2v) is 9.75. The number of carboxylic acid groups (broad SMARTS) is 1. The summed E-state index contributed by atoms with van der Waals surface area (Å²) in [5.74, 6) is -2.06. The fourth-order valence-electron chi connectivity index (χ4n) is 5.47. The summed E-state index contributed by atoms with van der Waals surface area (Å²) in [7, 11) is 0. The average Bonchev–Trinajstić information content (AvgIpc) is 3.39. The van der Waals surface area contributed by atoms with E-state index in [1.807, 2.05) is 24.5 Å². The first-order valence-electron chi connectivity index (χ1n) is 11.5. The minimum absolute atomic E-state index is 0.00362. The molecule has 1 saturated carbocycles. The number of aromatic nitrogens is 3. The highest BCUT2D eigenvalue weighted by atomic mass is 19.1. The number of fused-ring (bicyclic) bond motifs is 2. The number of aromatic amines is 1. The molecular formula is C26H27F2N3O3. The molecular weight excluding hydrogens is 440 g/mol. The third-order valence-corrected chi connectivity index (χ3v) is 7.25. The Morgan fingerprint density at radius 1 is 1.24 bits per heavy atom. The Kier molecular flexibility index (Phi) is 5.24. The number of nitrogens with zero attached hydrogens (tertiary/aromatic N) is 2. The molecule has 1 fully saturated rings. The number of carbonyl (C=O) groups is 1. The SMILES string of the molecule is Cc1cc(-n2c(C(C)C)c(C3CCC(O)(C(=O)O)CC3)c3c(F)c4[nH]ncc4cc32)ccc1F. The standard InChI is InChI=1S/C26H27F2N3O3/c1-13(2)24-20(15-6-8-26(34,9-7-15)25(32)33)21-19(11-16-12-29-30-23(16)22(21)28)31(24)17-4-5-18(27)14(3)10-17/h4-5,10-13,15,34H,6-9H2,1-3H3,(H,29,30)(H,32,33). The van der Waals surface area contributed by atoms with Crippen LogP contribution in [-0.4, -0.2) is 36.5 Å². The van der Waals surface area contributed by atoms with E-state index >= 15 is 4.39 Å². The highest BCUT2D eigenvalue weighted by Gasteiger charge is 2.42. The van der Waals surface area contributed by atoms with Crippen molar-refractivity contribution in [2.24, 2.45) is 0 Å². The maximum Gasteiger partial charge on any atom is 0.335 e. The van der Waals surface area contributed by atoms with Crippen LogP contribution in [0, 0.1) is 18.6 Å². The van der Waals surface area contributed by atoms with Gasteiger partial charge in [0.15, 0.2) is 11.4 Å². The fourth-order valence-corrected chi connectivity index (χ4v) is 5.47. The molecule has 3 N–H and O–H groups in total. The van der Waals surface area contributed by atoms with Crippen molar-refractivity contribution in [2.45, 2.75) is 63.9 Å². The van der Waals surface area contributed by atoms with Crippen LogP contribution >= 0.6 is 0 Å². The Bertz CT molecular complexity index is 1430. The van der Waals surface area contributed by atoms with E-state index in [4.69, 9.17) is 0 Å². The number of aliphatic hydroxyl groups is 1. The highest BCUT2D eigenvalue weighted by Crippen LogP contribution is 2.47. The monoisotopic (exact) mass is 467 g/mol. The molecule has 2 aromatic carbocycles. The zero-order valence-corrected chi connectivity index (χ0v) is 19.3. The number of aryl methyl sites for hydroxylation is 1. The summed E-state index contributed by atoms with van der Waals surface area (Å²) < 4.78 is 32.1. The first kappa shape index (κ1) is 22.5. The number of aliphatic carboxylic acids is 1. The molecule has 178 valence electrons. The van der Waals surface area contributed by atoms with Crippen molar-refractivity contribution in [1.82, 2.24) is 14.8 Å². The topological polar surface area (TPSA) is 91.1 Å². The number of hydrogen-bond donors (Lipinski definition) is 3. The summed E-state index contributed by atoms with van der Waals surface area (Å²) in [4.78, 5) is 11.6. The maximum atomic E-state index is 16.0. The molecule has 0 spiro atoms. The van der Waals surface area contributed by atoms with E-state index in [1.54, 1.807) is 25.3 Å². The van der Waals surface area contributed by atoms with Crippen molar-refractivity contribution in [3.8, 4) is 5.69 Å². The molecule has 0 saturated heterocycles. The minimum Gasteiger partial charge on any atom is -0.479 e. The van der Waals surface area contributed by atoms with Crippen molar-refractivity contribution in [2.75, 3.05) is 0 Å². The Hall–Kier alpha value is -3.26. The molecule has 34 heavy (non-hydrogen) atoms. The Morgan fingerprint density at radius 3 is 2.56 bits per heavy atom. The van der Waals surface area contributed by atoms with Crippen LogP contribution in [0.2, 0.25) is 0 Å². The quantitative estimate of drug-likeness (QED) is 0.360. The molecule has 5 rings (SSSR count). The summed E-state index contributed by atoms with van der Waals surface area (Å²) in [5, 5.41) is 27.8. The zero-order valence-electron chi connectivity index (χ0n) is 19.3. The van der Waals surface area contributed by atoms with Gasteiger partial charge in [0.25, 0.3) is 0 Å². The predicted molar refractivity (Wildman–Crippen MR) is 125 cm³/mol. The van der Waals surface area contributed by atoms with E-state index in [2.05, 4.69) is 10.2 Å². The van der Waals surface area contributed by atoms with Gasteiger partial charge in [0.05, 0.1) is 11.7 Å². The van der Waals surface area contributed by atoms with Gasteiger partial charge in [0.2, 0.25) is 0 Å². The van der Waals surface area contributed by atoms with E-state index in [0.717, 1.165) is 16.9 Å². The summed E-state index contributed by atoms with van der Waals surface area (Å²) in [5.41, 5.74) is 2.18. The smallest absolute Gasteiger partial charge is 0.335 e. The second-order valence-electron chi connectivity index (χ2n) is 9.75. The van der Waals surface area contributed by atoms with Gasteiger partial charge in [-0.1, -0.05) is 13.8 Å². The molecule has 2 heterocycles. The van der Waals surface area contributed by atoms with E-state index in [0.29, 0.717) is 40.2 Å². The lowest BCUT2D eigenvalue weighted by atomic mass is 9.74. The maximum absolute atomic E-state index is 16.0. The van der Waals surface area contributed by atoms with Crippen LogP contribution in [0.25, 0.3) is 27.5 Å². The predicted octanol–water partition coefficient (Wildman–Crippen LogP) is 5.69. The van der Waals surface area contributed by atoms with E-state index in [1.165, 1.54) is 6.07 Å². The lowest BCUT2D eigenvalue weighted by Crippen LogP contribution is -2.41. The number of H-pyrrole nitrogens is 1. The number of nitrogens with one attached hydrogen (secondary N) is 1. The molecule has 0 amide bonds. The van der Waals surface area contributed by atoms with Gasteiger partial charge in [0, 0.05) is 22.2 Å². The van der Waals surface area contributed by atoms with Gasteiger partial charge in [-0.3, -0.25) is 5.10 Å². The van der Waals surface area contributed by atoms with Crippen molar-refractivity contribution in [3.63, 3.8) is 0 Å². The zero-order chi connectivity index (χ0) is 24.4. The van der Waals surface area contributed by atoms with Crippen LogP contribution in [-0.2, 0) is 4.79 Å². The van der Waals surface area contributed by atoms with Gasteiger partial charge < -0.3 is 14.8 Å². The first-order chi connectivity index (χ1) is 16.1. The number of carboxylic acids is 1. The molecule has 0 bridgehead atoms. The van der Waals surface area contributed by atoms with Crippen molar-refractivity contribution < 1.29 is 23.8 Å². The summed E-state index contributed by atoms with van der Waals surface area (Å²) in [6.45, 7) is 5.77. The minimum atomic E-state index is -1.75. The molecule has 4 aromatic rings. The third kappa shape index (κ3) is 3.31. The number of benzene rings is 2. The number of hydrogen-bond acceptors (Lipinski definition) is 3. The van der Waals surface area contributed by atoms with Crippen LogP contribution in [0.4, 0.5) is 8.78 Å². The normalized spacial score (nSPS) is 21.1. The third-order valence-electron chi connectivity index (χ3n) is 7.25. The molecule has 0 aliphatic heterocycles. The fraction of sp³-hybridized carbons (Fsp3) is 0.385. The Labute approximate surface area is 195 Å². The van der Waals surface area contributed by atoms with Gasteiger partial charge in [0.1, 0.15) is 11.3 Å². The van der Waals surface area contributed by atoms with Crippen molar-refractivity contribution in [3.05, 3.63) is 58.9 Å². The van der Waals surface area contributed by atoms with Gasteiger partial charge in [-0.25, -0.2) is 13.6 Å². The summed E-state index contributed by atoms with van der Waals surface area (Å²) >= 11 is 0. The van der Waals surface area contributed by atoms with Crippen molar-refractivity contribution >= 4 is 27.8 Å². The van der Waals surface area contributed by atoms with Gasteiger partial charge >= 0.3 is 5.97 Å². The summed E-state index contributed by atoms with van der Waals surface area (Å²) in [6, 6.07) is 6.76. The van der Waals surface area contributed by atoms with Gasteiger partial charge in [-0.05, 0) is 79.8 Å². The highest BCUT2D eigenvalue weighted by molar-refractivity contribution is 6.00. The molecule has 1 aliphatic carbocycles. The Morgan fingerprint density at radius 2 is 1.94 bits per heavy atom. The van der Waals surface area contributed by atoms with Crippen LogP contribution in [0.1, 0.15) is 68.2 Å².